The minimum atomic E-state index is -1.10. The van der Waals surface area contributed by atoms with Crippen molar-refractivity contribution in [2.45, 2.75) is 13.0 Å². The average molecular weight is 339 g/mol. The number of carboxylic acids is 1. The van der Waals surface area contributed by atoms with Crippen molar-refractivity contribution < 1.29 is 19.6 Å². The van der Waals surface area contributed by atoms with Crippen LogP contribution in [0.1, 0.15) is 23.3 Å². The Morgan fingerprint density at radius 2 is 2.17 bits per heavy atom. The van der Waals surface area contributed by atoms with E-state index in [1.54, 1.807) is 0 Å². The molecule has 9 nitrogen and oxygen atoms in total. The predicted molar refractivity (Wildman–Crippen MR) is 80.6 cm³/mol. The minimum Gasteiger partial charge on any atom is -0.480 e. The number of hydrogen-bond acceptors (Lipinski definition) is 5. The zero-order valence-corrected chi connectivity index (χ0v) is 12.5. The lowest BCUT2D eigenvalue weighted by Gasteiger charge is -2.06. The van der Waals surface area contributed by atoms with E-state index in [4.69, 9.17) is 16.7 Å². The molecule has 1 aromatic heterocycles. The first-order chi connectivity index (χ1) is 10.8. The van der Waals surface area contributed by atoms with Crippen LogP contribution in [0.3, 0.4) is 0 Å². The second kappa shape index (κ2) is 6.44. The van der Waals surface area contributed by atoms with Gasteiger partial charge in [-0.1, -0.05) is 11.6 Å². The van der Waals surface area contributed by atoms with Gasteiger partial charge in [-0.2, -0.15) is 5.10 Å². The number of aliphatic carboxylic acids is 1. The van der Waals surface area contributed by atoms with Crippen LogP contribution >= 0.6 is 11.6 Å². The molecule has 0 saturated carbocycles. The van der Waals surface area contributed by atoms with Gasteiger partial charge in [0.2, 0.25) is 0 Å². The molecule has 0 radical (unpaired) electrons. The molecule has 0 saturated heterocycles. The first-order valence-corrected chi connectivity index (χ1v) is 6.69. The number of hydrogen-bond donors (Lipinski definition) is 2. The van der Waals surface area contributed by atoms with Crippen LogP contribution in [-0.4, -0.2) is 31.7 Å². The zero-order chi connectivity index (χ0) is 17.1. The Labute approximate surface area is 134 Å². The van der Waals surface area contributed by atoms with Crippen LogP contribution in [0.5, 0.6) is 0 Å². The standard InChI is InChI=1S/C13H11ClN4O5/c1-7(13(20)21)17-6-8(5-15-17)12(19)16-11-4-9(18(22)23)2-3-10(11)14/h2-7H,1H3,(H,16,19)(H,20,21). The molecule has 0 aliphatic rings. The van der Waals surface area contributed by atoms with Gasteiger partial charge < -0.3 is 10.4 Å². The summed E-state index contributed by atoms with van der Waals surface area (Å²) in [6.45, 7) is 1.41. The maximum Gasteiger partial charge on any atom is 0.328 e. The Balaban J connectivity index is 2.21. The lowest BCUT2D eigenvalue weighted by atomic mass is 10.2. The number of nitro benzene ring substituents is 1. The van der Waals surface area contributed by atoms with Crippen molar-refractivity contribution in [2.75, 3.05) is 5.32 Å². The second-order valence-corrected chi connectivity index (χ2v) is 5.01. The third kappa shape index (κ3) is 3.64. The fourth-order valence-electron chi connectivity index (χ4n) is 1.70. The number of nitrogens with zero attached hydrogens (tertiary/aromatic N) is 3. The molecule has 23 heavy (non-hydrogen) atoms. The minimum absolute atomic E-state index is 0.0740. The SMILES string of the molecule is CC(C(=O)O)n1cc(C(=O)Nc2cc([N+](=O)[O-])ccc2Cl)cn1. The highest BCUT2D eigenvalue weighted by Gasteiger charge is 2.18. The normalized spacial score (nSPS) is 11.7. The Kier molecular flexibility index (Phi) is 4.60. The summed E-state index contributed by atoms with van der Waals surface area (Å²) >= 11 is 5.89. The second-order valence-electron chi connectivity index (χ2n) is 4.60. The van der Waals surface area contributed by atoms with Gasteiger partial charge in [0.05, 0.1) is 27.4 Å². The summed E-state index contributed by atoms with van der Waals surface area (Å²) in [5.74, 6) is -1.71. The van der Waals surface area contributed by atoms with Gasteiger partial charge in [-0.3, -0.25) is 19.6 Å². The van der Waals surface area contributed by atoms with E-state index in [1.807, 2.05) is 0 Å². The van der Waals surface area contributed by atoms with Gasteiger partial charge in [-0.25, -0.2) is 4.79 Å². The first kappa shape index (κ1) is 16.4. The van der Waals surface area contributed by atoms with Crippen molar-refractivity contribution in [3.8, 4) is 0 Å². The van der Waals surface area contributed by atoms with Crippen LogP contribution in [0.2, 0.25) is 5.02 Å². The maximum atomic E-state index is 12.1. The van der Waals surface area contributed by atoms with E-state index in [9.17, 15) is 19.7 Å². The number of rotatable bonds is 5. The number of carboxylic acid groups (broad SMARTS) is 1. The summed E-state index contributed by atoms with van der Waals surface area (Å²) in [5.41, 5.74) is -0.0505. The topological polar surface area (TPSA) is 127 Å². The first-order valence-electron chi connectivity index (χ1n) is 6.32. The Hall–Kier alpha value is -2.94. The third-order valence-corrected chi connectivity index (χ3v) is 3.36. The number of carbonyl (C=O) groups is 2. The molecule has 0 fully saturated rings. The van der Waals surface area contributed by atoms with Crippen molar-refractivity contribution in [3.05, 3.63) is 51.3 Å². The van der Waals surface area contributed by atoms with E-state index < -0.39 is 22.8 Å². The van der Waals surface area contributed by atoms with E-state index in [0.29, 0.717) is 0 Å². The van der Waals surface area contributed by atoms with Crippen LogP contribution in [-0.2, 0) is 4.79 Å². The molecule has 0 bridgehead atoms. The van der Waals surface area contributed by atoms with Gasteiger partial charge >= 0.3 is 5.97 Å². The molecule has 2 rings (SSSR count). The molecule has 1 heterocycles. The molecule has 2 aromatic rings. The molecule has 0 spiro atoms. The highest BCUT2D eigenvalue weighted by Crippen LogP contribution is 2.27. The van der Waals surface area contributed by atoms with Crippen molar-refractivity contribution in [2.24, 2.45) is 0 Å². The number of carbonyl (C=O) groups excluding carboxylic acids is 1. The van der Waals surface area contributed by atoms with Crippen LogP contribution < -0.4 is 5.32 Å². The molecular formula is C13H11ClN4O5. The van der Waals surface area contributed by atoms with E-state index >= 15 is 0 Å². The fourth-order valence-corrected chi connectivity index (χ4v) is 1.86. The van der Waals surface area contributed by atoms with Crippen LogP contribution in [0, 0.1) is 10.1 Å². The van der Waals surface area contributed by atoms with Crippen LogP contribution in [0.15, 0.2) is 30.6 Å². The highest BCUT2D eigenvalue weighted by molar-refractivity contribution is 6.34. The molecule has 120 valence electrons. The largest absolute Gasteiger partial charge is 0.480 e. The van der Waals surface area contributed by atoms with Crippen molar-refractivity contribution in [1.29, 1.82) is 0 Å². The van der Waals surface area contributed by atoms with Gasteiger partial charge in [0.25, 0.3) is 11.6 Å². The van der Waals surface area contributed by atoms with Gasteiger partial charge in [-0.05, 0) is 13.0 Å². The summed E-state index contributed by atoms with van der Waals surface area (Å²) < 4.78 is 1.12. The van der Waals surface area contributed by atoms with E-state index in [-0.39, 0.29) is 22.0 Å². The molecule has 1 amide bonds. The molecule has 0 aliphatic carbocycles. The number of non-ortho nitro benzene ring substituents is 1. The monoisotopic (exact) mass is 338 g/mol. The molecule has 1 aromatic carbocycles. The van der Waals surface area contributed by atoms with E-state index in [2.05, 4.69) is 10.4 Å². The molecular weight excluding hydrogens is 328 g/mol. The third-order valence-electron chi connectivity index (χ3n) is 3.03. The summed E-state index contributed by atoms with van der Waals surface area (Å²) in [5, 5.41) is 26.0. The molecule has 1 atom stereocenters. The van der Waals surface area contributed by atoms with Gasteiger partial charge in [-0.15, -0.1) is 0 Å². The predicted octanol–water partition coefficient (Wildman–Crippen LogP) is 2.34. The molecule has 1 unspecified atom stereocenters. The Bertz CT molecular complexity index is 788. The number of aromatic nitrogens is 2. The molecule has 2 N–H and O–H groups in total. The number of benzene rings is 1. The summed E-state index contributed by atoms with van der Waals surface area (Å²) in [6, 6.07) is 2.71. The van der Waals surface area contributed by atoms with E-state index in [1.165, 1.54) is 31.5 Å². The zero-order valence-electron chi connectivity index (χ0n) is 11.8. The Morgan fingerprint density at radius 1 is 1.48 bits per heavy atom. The highest BCUT2D eigenvalue weighted by atomic mass is 35.5. The number of nitro groups is 1. The average Bonchev–Trinajstić information content (AvgIpc) is 2.98. The van der Waals surface area contributed by atoms with Crippen molar-refractivity contribution in [1.82, 2.24) is 9.78 Å². The van der Waals surface area contributed by atoms with Crippen LogP contribution in [0.25, 0.3) is 0 Å². The fraction of sp³-hybridized carbons (Fsp3) is 0.154. The van der Waals surface area contributed by atoms with Crippen molar-refractivity contribution in [3.63, 3.8) is 0 Å². The lowest BCUT2D eigenvalue weighted by molar-refractivity contribution is -0.384. The summed E-state index contributed by atoms with van der Waals surface area (Å²) in [7, 11) is 0. The number of anilines is 1. The van der Waals surface area contributed by atoms with Gasteiger partial charge in [0.15, 0.2) is 0 Å². The summed E-state index contributed by atoms with van der Waals surface area (Å²) in [6.07, 6.45) is 2.46. The van der Waals surface area contributed by atoms with Gasteiger partial charge in [0.1, 0.15) is 6.04 Å². The molecule has 0 aliphatic heterocycles. The molecule has 10 heteroatoms. The Morgan fingerprint density at radius 3 is 2.78 bits per heavy atom. The lowest BCUT2D eigenvalue weighted by Crippen LogP contribution is -2.16. The van der Waals surface area contributed by atoms with Gasteiger partial charge in [0, 0.05) is 18.3 Å². The number of nitrogens with one attached hydrogen (secondary N) is 1. The maximum absolute atomic E-state index is 12.1. The quantitative estimate of drug-likeness (QED) is 0.636. The van der Waals surface area contributed by atoms with Crippen molar-refractivity contribution >= 4 is 34.9 Å². The van der Waals surface area contributed by atoms with Crippen LogP contribution in [0.4, 0.5) is 11.4 Å². The summed E-state index contributed by atoms with van der Waals surface area (Å²) in [4.78, 5) is 33.1. The van der Waals surface area contributed by atoms with E-state index in [0.717, 1.165) is 10.7 Å². The smallest absolute Gasteiger partial charge is 0.328 e. The number of amides is 1. The number of halogens is 1.